The highest BCUT2D eigenvalue weighted by Gasteiger charge is 2.14. The van der Waals surface area contributed by atoms with Crippen molar-refractivity contribution in [1.29, 1.82) is 0 Å². The van der Waals surface area contributed by atoms with Gasteiger partial charge < -0.3 is 4.90 Å². The molecular formula is C24H20N6. The van der Waals surface area contributed by atoms with Crippen LogP contribution in [0.2, 0.25) is 0 Å². The molecule has 0 bridgehead atoms. The summed E-state index contributed by atoms with van der Waals surface area (Å²) in [4.78, 5) is 15.9. The molecule has 3 heterocycles. The van der Waals surface area contributed by atoms with Gasteiger partial charge in [0.25, 0.3) is 0 Å². The van der Waals surface area contributed by atoms with E-state index < -0.39 is 0 Å². The van der Waals surface area contributed by atoms with Crippen LogP contribution in [0.15, 0.2) is 91.5 Å². The number of para-hydroxylation sites is 2. The summed E-state index contributed by atoms with van der Waals surface area (Å²) in [6.07, 6.45) is 7.47. The molecule has 0 spiro atoms. The largest absolute Gasteiger partial charge is 0.355 e. The lowest BCUT2D eigenvalue weighted by Crippen LogP contribution is -2.18. The topological polar surface area (TPSA) is 59.7 Å². The number of fused-ring (bicyclic) bond motifs is 1. The van der Waals surface area contributed by atoms with Gasteiger partial charge >= 0.3 is 0 Å². The average Bonchev–Trinajstić information content (AvgIpc) is 3.28. The number of aromatic nitrogens is 5. The highest BCUT2D eigenvalue weighted by molar-refractivity contribution is 5.90. The molecule has 0 aliphatic rings. The van der Waals surface area contributed by atoms with E-state index in [1.807, 2.05) is 78.6 Å². The van der Waals surface area contributed by atoms with E-state index in [0.717, 1.165) is 33.5 Å². The molecule has 0 amide bonds. The smallest absolute Gasteiger partial charge is 0.162 e. The van der Waals surface area contributed by atoms with E-state index >= 15 is 0 Å². The monoisotopic (exact) mass is 392 g/mol. The molecule has 0 saturated heterocycles. The van der Waals surface area contributed by atoms with Crippen LogP contribution in [-0.2, 0) is 6.54 Å². The van der Waals surface area contributed by atoms with E-state index in [0.29, 0.717) is 12.4 Å². The van der Waals surface area contributed by atoms with Crippen molar-refractivity contribution >= 4 is 16.7 Å². The molecule has 0 radical (unpaired) electrons. The van der Waals surface area contributed by atoms with Crippen molar-refractivity contribution in [2.45, 2.75) is 6.54 Å². The minimum Gasteiger partial charge on any atom is -0.355 e. The minimum absolute atomic E-state index is 0.684. The van der Waals surface area contributed by atoms with Crippen molar-refractivity contribution in [2.75, 3.05) is 11.9 Å². The Balaban J connectivity index is 1.50. The number of anilines is 1. The molecule has 0 fully saturated rings. The van der Waals surface area contributed by atoms with Gasteiger partial charge in [0.1, 0.15) is 5.82 Å². The Morgan fingerprint density at radius 2 is 1.63 bits per heavy atom. The quantitative estimate of drug-likeness (QED) is 0.440. The lowest BCUT2D eigenvalue weighted by Gasteiger charge is -2.20. The molecule has 0 saturated carbocycles. The maximum absolute atomic E-state index is 4.89. The summed E-state index contributed by atoms with van der Waals surface area (Å²) in [6, 6.07) is 22.1. The SMILES string of the molecule is CN(Cc1cnn(-c2ccccc2)c1)c1nc(-c2ccncc2)nc2ccccc12. The van der Waals surface area contributed by atoms with Crippen molar-refractivity contribution in [2.24, 2.45) is 0 Å². The summed E-state index contributed by atoms with van der Waals surface area (Å²) in [7, 11) is 2.05. The lowest BCUT2D eigenvalue weighted by atomic mass is 10.2. The van der Waals surface area contributed by atoms with E-state index in [1.54, 1.807) is 12.4 Å². The maximum Gasteiger partial charge on any atom is 0.162 e. The van der Waals surface area contributed by atoms with E-state index in [-0.39, 0.29) is 0 Å². The van der Waals surface area contributed by atoms with Gasteiger partial charge in [-0.3, -0.25) is 4.98 Å². The highest BCUT2D eigenvalue weighted by Crippen LogP contribution is 2.27. The van der Waals surface area contributed by atoms with Gasteiger partial charge in [-0.1, -0.05) is 30.3 Å². The Kier molecular flexibility index (Phi) is 4.65. The van der Waals surface area contributed by atoms with Crippen molar-refractivity contribution in [3.05, 3.63) is 97.1 Å². The van der Waals surface area contributed by atoms with E-state index in [9.17, 15) is 0 Å². The van der Waals surface area contributed by atoms with Gasteiger partial charge in [0.05, 0.1) is 17.4 Å². The molecule has 0 atom stereocenters. The number of hydrogen-bond donors (Lipinski definition) is 0. The molecule has 6 heteroatoms. The molecule has 5 aromatic rings. The highest BCUT2D eigenvalue weighted by atomic mass is 15.3. The van der Waals surface area contributed by atoms with Gasteiger partial charge in [-0.2, -0.15) is 5.10 Å². The molecule has 5 rings (SSSR count). The molecule has 6 nitrogen and oxygen atoms in total. The second-order valence-corrected chi connectivity index (χ2v) is 7.11. The van der Waals surface area contributed by atoms with Crippen LogP contribution < -0.4 is 4.90 Å². The van der Waals surface area contributed by atoms with E-state index in [4.69, 9.17) is 9.97 Å². The number of benzene rings is 2. The number of hydrogen-bond acceptors (Lipinski definition) is 5. The molecule has 0 N–H and O–H groups in total. The fourth-order valence-corrected chi connectivity index (χ4v) is 3.49. The van der Waals surface area contributed by atoms with Crippen LogP contribution in [0.4, 0.5) is 5.82 Å². The normalized spacial score (nSPS) is 11.0. The minimum atomic E-state index is 0.684. The second-order valence-electron chi connectivity index (χ2n) is 7.11. The molecule has 0 aliphatic heterocycles. The Labute approximate surface area is 174 Å². The summed E-state index contributed by atoms with van der Waals surface area (Å²) >= 11 is 0. The van der Waals surface area contributed by atoms with Gasteiger partial charge in [-0.05, 0) is 36.4 Å². The number of nitrogens with zero attached hydrogens (tertiary/aromatic N) is 6. The molecule has 30 heavy (non-hydrogen) atoms. The Morgan fingerprint density at radius 3 is 2.47 bits per heavy atom. The molecule has 2 aromatic carbocycles. The fraction of sp³-hybridized carbons (Fsp3) is 0.0833. The zero-order chi connectivity index (χ0) is 20.3. The van der Waals surface area contributed by atoms with Gasteiger partial charge in [-0.25, -0.2) is 14.6 Å². The van der Waals surface area contributed by atoms with Crippen molar-refractivity contribution < 1.29 is 0 Å². The van der Waals surface area contributed by atoms with Crippen LogP contribution in [0.5, 0.6) is 0 Å². The van der Waals surface area contributed by atoms with Crippen molar-refractivity contribution in [3.8, 4) is 17.1 Å². The first-order valence-corrected chi connectivity index (χ1v) is 9.75. The Hall–Kier alpha value is -4.06. The Bertz CT molecular complexity index is 1280. The number of rotatable bonds is 5. The van der Waals surface area contributed by atoms with Crippen LogP contribution in [0.25, 0.3) is 28.0 Å². The van der Waals surface area contributed by atoms with E-state index in [1.165, 1.54) is 0 Å². The summed E-state index contributed by atoms with van der Waals surface area (Å²) < 4.78 is 1.89. The van der Waals surface area contributed by atoms with Gasteiger partial charge in [0, 0.05) is 48.7 Å². The molecular weight excluding hydrogens is 372 g/mol. The summed E-state index contributed by atoms with van der Waals surface area (Å²) in [5, 5.41) is 5.53. The predicted octanol–water partition coefficient (Wildman–Crippen LogP) is 4.51. The summed E-state index contributed by atoms with van der Waals surface area (Å²) in [5.41, 5.74) is 4.01. The molecule has 0 unspecified atom stereocenters. The van der Waals surface area contributed by atoms with Crippen LogP contribution in [0.3, 0.4) is 0 Å². The first-order chi connectivity index (χ1) is 14.8. The van der Waals surface area contributed by atoms with Crippen LogP contribution in [-0.4, -0.2) is 31.8 Å². The molecule has 0 aliphatic carbocycles. The molecule has 146 valence electrons. The Morgan fingerprint density at radius 1 is 0.867 bits per heavy atom. The standard InChI is InChI=1S/C24H20N6/c1-29(16-18-15-26-30(17-18)20-7-3-2-4-8-20)24-21-9-5-6-10-22(21)27-23(28-24)19-11-13-25-14-12-19/h2-15,17H,16H2,1H3. The van der Waals surface area contributed by atoms with Crippen molar-refractivity contribution in [1.82, 2.24) is 24.7 Å². The van der Waals surface area contributed by atoms with Gasteiger partial charge in [0.15, 0.2) is 5.82 Å². The maximum atomic E-state index is 4.89. The van der Waals surface area contributed by atoms with Gasteiger partial charge in [-0.15, -0.1) is 0 Å². The van der Waals surface area contributed by atoms with Gasteiger partial charge in [0.2, 0.25) is 0 Å². The summed E-state index contributed by atoms with van der Waals surface area (Å²) in [5.74, 6) is 1.58. The van der Waals surface area contributed by atoms with Crippen molar-refractivity contribution in [3.63, 3.8) is 0 Å². The average molecular weight is 392 g/mol. The van der Waals surface area contributed by atoms with Crippen LogP contribution >= 0.6 is 0 Å². The van der Waals surface area contributed by atoms with E-state index in [2.05, 4.69) is 27.2 Å². The molecule has 3 aromatic heterocycles. The van der Waals surface area contributed by atoms with Crippen LogP contribution in [0.1, 0.15) is 5.56 Å². The fourth-order valence-electron chi connectivity index (χ4n) is 3.49. The third-order valence-electron chi connectivity index (χ3n) is 4.96. The second kappa shape index (κ2) is 7.75. The first-order valence-electron chi connectivity index (χ1n) is 9.75. The predicted molar refractivity (Wildman–Crippen MR) is 118 cm³/mol. The number of pyridine rings is 1. The zero-order valence-corrected chi connectivity index (χ0v) is 16.6. The third-order valence-corrected chi connectivity index (χ3v) is 4.96. The first kappa shape index (κ1) is 18.0. The van der Waals surface area contributed by atoms with Crippen LogP contribution in [0, 0.1) is 0 Å². The third kappa shape index (κ3) is 3.51. The summed E-state index contributed by atoms with van der Waals surface area (Å²) in [6.45, 7) is 0.684. The lowest BCUT2D eigenvalue weighted by molar-refractivity contribution is 0.875. The zero-order valence-electron chi connectivity index (χ0n) is 16.6.